The largest absolute Gasteiger partial charge is 0.356 e. The number of rotatable bonds is 6. The first-order chi connectivity index (χ1) is 11.3. The summed E-state index contributed by atoms with van der Waals surface area (Å²) in [5.74, 6) is 2.26. The van der Waals surface area contributed by atoms with Gasteiger partial charge >= 0.3 is 0 Å². The van der Waals surface area contributed by atoms with Gasteiger partial charge in [0.1, 0.15) is 0 Å². The first-order valence-corrected chi connectivity index (χ1v) is 10.8. The summed E-state index contributed by atoms with van der Waals surface area (Å²) < 4.78 is 0. The molecule has 128 valence electrons. The molecule has 4 nitrogen and oxygen atoms in total. The maximum Gasteiger partial charge on any atom is 0.191 e. The van der Waals surface area contributed by atoms with Crippen molar-refractivity contribution in [3.63, 3.8) is 0 Å². The molecule has 1 fully saturated rings. The molecule has 1 aliphatic carbocycles. The molecule has 0 aromatic carbocycles. The summed E-state index contributed by atoms with van der Waals surface area (Å²) in [6.07, 6.45) is 10.0. The summed E-state index contributed by atoms with van der Waals surface area (Å²) >= 11 is 4.02. The van der Waals surface area contributed by atoms with Gasteiger partial charge in [-0.2, -0.15) is 11.8 Å². The molecular formula is C17H28N4S2. The minimum absolute atomic E-state index is 0.759. The molecule has 2 N–H and O–H groups in total. The molecule has 1 aliphatic heterocycles. The lowest BCUT2D eigenvalue weighted by molar-refractivity contribution is 0.677. The zero-order valence-corrected chi connectivity index (χ0v) is 15.7. The number of nitrogens with zero attached hydrogens (tertiary/aromatic N) is 2. The molecule has 0 amide bonds. The Hall–Kier alpha value is -0.750. The van der Waals surface area contributed by atoms with Crippen LogP contribution < -0.4 is 10.6 Å². The number of nitrogens with one attached hydrogen (secondary N) is 2. The van der Waals surface area contributed by atoms with E-state index in [9.17, 15) is 0 Å². The van der Waals surface area contributed by atoms with E-state index in [1.165, 1.54) is 55.0 Å². The monoisotopic (exact) mass is 352 g/mol. The second-order valence-electron chi connectivity index (χ2n) is 6.30. The smallest absolute Gasteiger partial charge is 0.191 e. The Morgan fingerprint density at radius 3 is 2.96 bits per heavy atom. The standard InChI is InChI=1S/C17H28N4S2/c1-18-17(20-12-13-6-5-11-22-13)19-10-4-9-16-21-14-7-2-3-8-15(14)23-16/h13H,2-12H2,1H3,(H2,18,19,20). The molecule has 1 saturated heterocycles. The van der Waals surface area contributed by atoms with Gasteiger partial charge in [-0.25, -0.2) is 4.98 Å². The molecular weight excluding hydrogens is 324 g/mol. The van der Waals surface area contributed by atoms with Crippen LogP contribution in [0.4, 0.5) is 0 Å². The Labute approximate surface area is 148 Å². The molecule has 1 atom stereocenters. The number of thioether (sulfide) groups is 1. The van der Waals surface area contributed by atoms with Gasteiger partial charge in [-0.3, -0.25) is 4.99 Å². The summed E-state index contributed by atoms with van der Waals surface area (Å²) in [5.41, 5.74) is 1.38. The SMILES string of the molecule is CN=C(NCCCc1nc2c(s1)CCCC2)NCC1CCCS1. The summed E-state index contributed by atoms with van der Waals surface area (Å²) in [7, 11) is 1.85. The van der Waals surface area contributed by atoms with Gasteiger partial charge in [0.05, 0.1) is 10.7 Å². The van der Waals surface area contributed by atoms with E-state index in [-0.39, 0.29) is 0 Å². The topological polar surface area (TPSA) is 49.3 Å². The highest BCUT2D eigenvalue weighted by Crippen LogP contribution is 2.27. The van der Waals surface area contributed by atoms with E-state index < -0.39 is 0 Å². The number of fused-ring (bicyclic) bond motifs is 1. The fraction of sp³-hybridized carbons (Fsp3) is 0.765. The van der Waals surface area contributed by atoms with E-state index in [1.807, 2.05) is 18.4 Å². The van der Waals surface area contributed by atoms with Gasteiger partial charge < -0.3 is 10.6 Å². The van der Waals surface area contributed by atoms with Gasteiger partial charge in [-0.05, 0) is 50.7 Å². The van der Waals surface area contributed by atoms with Crippen molar-refractivity contribution in [2.24, 2.45) is 4.99 Å². The predicted octanol–water partition coefficient (Wildman–Crippen LogP) is 3.02. The van der Waals surface area contributed by atoms with Crippen LogP contribution in [0, 0.1) is 0 Å². The molecule has 23 heavy (non-hydrogen) atoms. The van der Waals surface area contributed by atoms with Crippen molar-refractivity contribution in [3.8, 4) is 0 Å². The van der Waals surface area contributed by atoms with Crippen molar-refractivity contribution < 1.29 is 0 Å². The second kappa shape index (κ2) is 8.92. The van der Waals surface area contributed by atoms with E-state index in [1.54, 1.807) is 4.88 Å². The van der Waals surface area contributed by atoms with Crippen molar-refractivity contribution in [1.29, 1.82) is 0 Å². The Morgan fingerprint density at radius 2 is 2.17 bits per heavy atom. The predicted molar refractivity (Wildman–Crippen MR) is 102 cm³/mol. The number of aromatic nitrogens is 1. The van der Waals surface area contributed by atoms with Crippen LogP contribution in [0.1, 0.15) is 47.7 Å². The summed E-state index contributed by atoms with van der Waals surface area (Å²) in [5, 5.41) is 8.97. The zero-order valence-electron chi connectivity index (χ0n) is 14.1. The third-order valence-corrected chi connectivity index (χ3v) is 7.11. The molecule has 6 heteroatoms. The quantitative estimate of drug-likeness (QED) is 0.469. The first kappa shape index (κ1) is 17.1. The third-order valence-electron chi connectivity index (χ3n) is 4.49. The van der Waals surface area contributed by atoms with Crippen LogP contribution in [-0.2, 0) is 19.3 Å². The molecule has 2 aliphatic rings. The molecule has 0 bridgehead atoms. The Kier molecular flexibility index (Phi) is 6.63. The van der Waals surface area contributed by atoms with Gasteiger partial charge in [0.25, 0.3) is 0 Å². The van der Waals surface area contributed by atoms with Crippen LogP contribution >= 0.6 is 23.1 Å². The zero-order chi connectivity index (χ0) is 15.9. The lowest BCUT2D eigenvalue weighted by Gasteiger charge is -2.14. The number of hydrogen-bond donors (Lipinski definition) is 2. The van der Waals surface area contributed by atoms with E-state index in [2.05, 4.69) is 27.4 Å². The number of hydrogen-bond acceptors (Lipinski definition) is 4. The van der Waals surface area contributed by atoms with Gasteiger partial charge in [-0.1, -0.05) is 0 Å². The average Bonchev–Trinajstić information content (AvgIpc) is 3.23. The van der Waals surface area contributed by atoms with Crippen LogP contribution in [0.3, 0.4) is 0 Å². The van der Waals surface area contributed by atoms with Crippen molar-refractivity contribution in [2.45, 2.75) is 56.6 Å². The highest BCUT2D eigenvalue weighted by molar-refractivity contribution is 8.00. The van der Waals surface area contributed by atoms with Crippen molar-refractivity contribution in [1.82, 2.24) is 15.6 Å². The molecule has 1 unspecified atom stereocenters. The molecule has 0 spiro atoms. The highest BCUT2D eigenvalue weighted by Gasteiger charge is 2.16. The lowest BCUT2D eigenvalue weighted by atomic mass is 10.0. The Morgan fingerprint density at radius 1 is 1.26 bits per heavy atom. The average molecular weight is 353 g/mol. The maximum absolute atomic E-state index is 4.82. The fourth-order valence-corrected chi connectivity index (χ4v) is 5.60. The Bertz CT molecular complexity index is 497. The van der Waals surface area contributed by atoms with Crippen LogP contribution in [0.5, 0.6) is 0 Å². The third kappa shape index (κ3) is 5.11. The summed E-state index contributed by atoms with van der Waals surface area (Å²) in [6, 6.07) is 0. The van der Waals surface area contributed by atoms with Gasteiger partial charge in [0.15, 0.2) is 5.96 Å². The normalized spacial score (nSPS) is 21.3. The van der Waals surface area contributed by atoms with Crippen LogP contribution in [-0.4, -0.2) is 42.1 Å². The first-order valence-electron chi connectivity index (χ1n) is 8.88. The maximum atomic E-state index is 4.82. The summed E-state index contributed by atoms with van der Waals surface area (Å²) in [4.78, 5) is 10.7. The molecule has 3 rings (SSSR count). The van der Waals surface area contributed by atoms with Gasteiger partial charge in [0.2, 0.25) is 0 Å². The minimum atomic E-state index is 0.759. The van der Waals surface area contributed by atoms with Crippen LogP contribution in [0.2, 0.25) is 0 Å². The Balaban J connectivity index is 1.34. The van der Waals surface area contributed by atoms with Crippen LogP contribution in [0.25, 0.3) is 0 Å². The summed E-state index contributed by atoms with van der Waals surface area (Å²) in [6.45, 7) is 1.99. The number of thiazole rings is 1. The number of guanidine groups is 1. The lowest BCUT2D eigenvalue weighted by Crippen LogP contribution is -2.40. The van der Waals surface area contributed by atoms with E-state index in [0.717, 1.165) is 37.1 Å². The van der Waals surface area contributed by atoms with Gasteiger partial charge in [0, 0.05) is 36.7 Å². The fourth-order valence-electron chi connectivity index (χ4n) is 3.20. The molecule has 2 heterocycles. The molecule has 1 aromatic rings. The molecule has 1 aromatic heterocycles. The molecule has 0 saturated carbocycles. The van der Waals surface area contributed by atoms with Crippen LogP contribution in [0.15, 0.2) is 4.99 Å². The highest BCUT2D eigenvalue weighted by atomic mass is 32.2. The van der Waals surface area contributed by atoms with Crippen molar-refractivity contribution in [2.75, 3.05) is 25.9 Å². The van der Waals surface area contributed by atoms with E-state index >= 15 is 0 Å². The molecule has 0 radical (unpaired) electrons. The number of aryl methyl sites for hydroxylation is 3. The van der Waals surface area contributed by atoms with Gasteiger partial charge in [-0.15, -0.1) is 11.3 Å². The number of aliphatic imine (C=N–C) groups is 1. The minimum Gasteiger partial charge on any atom is -0.356 e. The van der Waals surface area contributed by atoms with E-state index in [4.69, 9.17) is 4.98 Å². The second-order valence-corrected chi connectivity index (χ2v) is 8.88. The van der Waals surface area contributed by atoms with Crippen molar-refractivity contribution >= 4 is 29.1 Å². The van der Waals surface area contributed by atoms with Crippen molar-refractivity contribution in [3.05, 3.63) is 15.6 Å². The van der Waals surface area contributed by atoms with E-state index in [0.29, 0.717) is 0 Å².